The molecular formula is C4H5ClN2O3S. The lowest BCUT2D eigenvalue weighted by Crippen LogP contribution is -1.98. The average Bonchev–Trinajstić information content (AvgIpc) is 2.18. The van der Waals surface area contributed by atoms with Crippen LogP contribution in [0.5, 0.6) is 5.88 Å². The zero-order valence-corrected chi connectivity index (χ0v) is 7.09. The molecule has 5 nitrogen and oxygen atoms in total. The van der Waals surface area contributed by atoms with Gasteiger partial charge in [0.2, 0.25) is 0 Å². The lowest BCUT2D eigenvalue weighted by molar-refractivity contribution is 0.450. The molecule has 1 N–H and O–H groups in total. The van der Waals surface area contributed by atoms with Crippen molar-refractivity contribution < 1.29 is 12.9 Å². The molecule has 7 heteroatoms. The number of imidazole rings is 1. The van der Waals surface area contributed by atoms with Gasteiger partial charge in [-0.25, -0.2) is 0 Å². The number of halogens is 1. The topological polar surface area (TPSA) is 64.4 Å². The van der Waals surface area contributed by atoms with Crippen molar-refractivity contribution in [3.8, 4) is 5.88 Å². The number of aryl methyl sites for hydroxylation is 1. The fraction of sp³-hybridized carbons (Fsp3) is 0.250. The van der Waals surface area contributed by atoms with E-state index in [1.165, 1.54) is 10.9 Å². The first-order valence-electron chi connectivity index (χ1n) is 2.57. The third-order valence-electron chi connectivity index (χ3n) is 0.985. The van der Waals surface area contributed by atoms with Crippen LogP contribution in [0.25, 0.3) is 0 Å². The molecule has 11 heavy (non-hydrogen) atoms. The van der Waals surface area contributed by atoms with Crippen LogP contribution >= 0.6 is 11.6 Å². The Morgan fingerprint density at radius 2 is 2.55 bits per heavy atom. The van der Waals surface area contributed by atoms with Crippen molar-refractivity contribution >= 4 is 23.0 Å². The number of hydrogen-bond acceptors (Lipinski definition) is 3. The highest BCUT2D eigenvalue weighted by atomic mass is 35.5. The first kappa shape index (κ1) is 8.51. The molecule has 1 aromatic heterocycles. The molecular weight excluding hydrogens is 192 g/mol. The van der Waals surface area contributed by atoms with Crippen LogP contribution in [0, 0.1) is 0 Å². The van der Waals surface area contributed by atoms with Crippen molar-refractivity contribution in [1.82, 2.24) is 9.55 Å². The van der Waals surface area contributed by atoms with E-state index in [9.17, 15) is 4.21 Å². The van der Waals surface area contributed by atoms with Gasteiger partial charge in [-0.3, -0.25) is 4.55 Å². The maximum atomic E-state index is 10.1. The minimum Gasteiger partial charge on any atom is -0.356 e. The maximum Gasteiger partial charge on any atom is 0.359 e. The predicted molar refractivity (Wildman–Crippen MR) is 39.6 cm³/mol. The van der Waals surface area contributed by atoms with E-state index >= 15 is 0 Å². The molecule has 1 rings (SSSR count). The lowest BCUT2D eigenvalue weighted by atomic mass is 10.8. The van der Waals surface area contributed by atoms with Crippen LogP contribution < -0.4 is 4.18 Å². The molecule has 1 unspecified atom stereocenters. The van der Waals surface area contributed by atoms with Crippen LogP contribution in [0.15, 0.2) is 6.33 Å². The largest absolute Gasteiger partial charge is 0.359 e. The van der Waals surface area contributed by atoms with Gasteiger partial charge in [-0.05, 0) is 0 Å². The Balaban J connectivity index is 2.87. The molecule has 0 spiro atoms. The van der Waals surface area contributed by atoms with Crippen LogP contribution in [0.4, 0.5) is 0 Å². The second kappa shape index (κ2) is 3.21. The average molecular weight is 197 g/mol. The van der Waals surface area contributed by atoms with Gasteiger partial charge >= 0.3 is 11.4 Å². The second-order valence-corrected chi connectivity index (χ2v) is 2.71. The van der Waals surface area contributed by atoms with Gasteiger partial charge in [-0.2, -0.15) is 9.19 Å². The number of hydrogen-bond donors (Lipinski definition) is 1. The monoisotopic (exact) mass is 196 g/mol. The summed E-state index contributed by atoms with van der Waals surface area (Å²) in [6.45, 7) is 0. The Kier molecular flexibility index (Phi) is 2.48. The molecule has 0 saturated heterocycles. The van der Waals surface area contributed by atoms with Crippen LogP contribution in [-0.4, -0.2) is 18.3 Å². The van der Waals surface area contributed by atoms with Crippen molar-refractivity contribution in [2.75, 3.05) is 0 Å². The van der Waals surface area contributed by atoms with Crippen molar-refractivity contribution in [2.45, 2.75) is 0 Å². The van der Waals surface area contributed by atoms with E-state index in [-0.39, 0.29) is 11.0 Å². The molecule has 0 aliphatic heterocycles. The summed E-state index contributed by atoms with van der Waals surface area (Å²) in [5, 5.41) is 0.187. The Hall–Kier alpha value is -0.590. The van der Waals surface area contributed by atoms with Crippen molar-refractivity contribution in [1.29, 1.82) is 0 Å². The summed E-state index contributed by atoms with van der Waals surface area (Å²) in [4.78, 5) is 3.61. The van der Waals surface area contributed by atoms with E-state index in [0.717, 1.165) is 0 Å². The van der Waals surface area contributed by atoms with Crippen LogP contribution in [0.3, 0.4) is 0 Å². The third-order valence-corrected chi connectivity index (χ3v) is 1.71. The Bertz CT molecular complexity index is 287. The van der Waals surface area contributed by atoms with E-state index in [2.05, 4.69) is 9.17 Å². The van der Waals surface area contributed by atoms with Crippen LogP contribution in [-0.2, 0) is 18.4 Å². The summed E-state index contributed by atoms with van der Waals surface area (Å²) in [6.07, 6.45) is 1.38. The van der Waals surface area contributed by atoms with E-state index in [4.69, 9.17) is 16.2 Å². The SMILES string of the molecule is Cn1cnc(OS(=O)O)c1Cl. The molecule has 0 radical (unpaired) electrons. The van der Waals surface area contributed by atoms with Gasteiger partial charge in [-0.15, -0.1) is 0 Å². The Labute approximate surface area is 70.4 Å². The minimum atomic E-state index is -2.37. The Morgan fingerprint density at radius 3 is 2.91 bits per heavy atom. The van der Waals surface area contributed by atoms with Gasteiger partial charge in [0.15, 0.2) is 5.15 Å². The summed E-state index contributed by atoms with van der Waals surface area (Å²) < 4.78 is 24.2. The molecule has 0 aliphatic carbocycles. The summed E-state index contributed by atoms with van der Waals surface area (Å²) in [5.41, 5.74) is 0. The first-order chi connectivity index (χ1) is 5.11. The smallest absolute Gasteiger partial charge is 0.356 e. The van der Waals surface area contributed by atoms with Crippen LogP contribution in [0.1, 0.15) is 0 Å². The highest BCUT2D eigenvalue weighted by molar-refractivity contribution is 7.74. The van der Waals surface area contributed by atoms with Crippen molar-refractivity contribution in [3.05, 3.63) is 11.5 Å². The zero-order chi connectivity index (χ0) is 8.43. The number of nitrogens with zero attached hydrogens (tertiary/aromatic N) is 2. The molecule has 0 saturated carbocycles. The van der Waals surface area contributed by atoms with Gasteiger partial charge in [-0.1, -0.05) is 11.6 Å². The first-order valence-corrected chi connectivity index (χ1v) is 3.98. The minimum absolute atomic E-state index is 0.0463. The van der Waals surface area contributed by atoms with Crippen molar-refractivity contribution in [2.24, 2.45) is 7.05 Å². The summed E-state index contributed by atoms with van der Waals surface area (Å²) in [7, 11) is 1.64. The van der Waals surface area contributed by atoms with Gasteiger partial charge < -0.3 is 8.75 Å². The van der Waals surface area contributed by atoms with Crippen LogP contribution in [0.2, 0.25) is 5.15 Å². The van der Waals surface area contributed by atoms with E-state index in [1.54, 1.807) is 7.05 Å². The maximum absolute atomic E-state index is 10.1. The normalized spacial score (nSPS) is 13.0. The second-order valence-electron chi connectivity index (χ2n) is 1.75. The fourth-order valence-corrected chi connectivity index (χ4v) is 0.951. The molecule has 0 fully saturated rings. The van der Waals surface area contributed by atoms with Gasteiger partial charge in [0, 0.05) is 7.05 Å². The standard InChI is InChI=1S/C4H5ClN2O3S/c1-7-2-6-4(3(7)5)10-11(8)9/h2H,1H3,(H,8,9). The molecule has 0 amide bonds. The predicted octanol–water partition coefficient (Wildman–Crippen LogP) is 0.589. The van der Waals surface area contributed by atoms with Gasteiger partial charge in [0.05, 0.1) is 6.33 Å². The molecule has 1 heterocycles. The molecule has 0 bridgehead atoms. The van der Waals surface area contributed by atoms with Gasteiger partial charge in [0.1, 0.15) is 0 Å². The quantitative estimate of drug-likeness (QED) is 0.704. The van der Waals surface area contributed by atoms with E-state index in [0.29, 0.717) is 0 Å². The molecule has 62 valence electrons. The molecule has 1 atom stereocenters. The molecule has 0 aliphatic rings. The lowest BCUT2D eigenvalue weighted by Gasteiger charge is -1.94. The van der Waals surface area contributed by atoms with Gasteiger partial charge in [0.25, 0.3) is 5.88 Å². The van der Waals surface area contributed by atoms with E-state index < -0.39 is 11.4 Å². The highest BCUT2D eigenvalue weighted by Crippen LogP contribution is 2.20. The third kappa shape index (κ3) is 1.92. The zero-order valence-electron chi connectivity index (χ0n) is 5.52. The summed E-state index contributed by atoms with van der Waals surface area (Å²) in [5.74, 6) is -0.0463. The van der Waals surface area contributed by atoms with E-state index in [1.807, 2.05) is 0 Å². The molecule has 0 aromatic carbocycles. The molecule has 1 aromatic rings. The highest BCUT2D eigenvalue weighted by Gasteiger charge is 2.09. The fourth-order valence-electron chi connectivity index (χ4n) is 0.517. The summed E-state index contributed by atoms with van der Waals surface area (Å²) in [6, 6.07) is 0. The number of rotatable bonds is 2. The Morgan fingerprint density at radius 1 is 1.91 bits per heavy atom. The summed E-state index contributed by atoms with van der Waals surface area (Å²) >= 11 is 3.21. The number of aromatic nitrogens is 2. The van der Waals surface area contributed by atoms with Crippen molar-refractivity contribution in [3.63, 3.8) is 0 Å².